The summed E-state index contributed by atoms with van der Waals surface area (Å²) in [5.74, 6) is 2.28. The van der Waals surface area contributed by atoms with Crippen molar-refractivity contribution in [1.29, 1.82) is 0 Å². The van der Waals surface area contributed by atoms with Gasteiger partial charge in [0.2, 0.25) is 6.79 Å². The topological polar surface area (TPSA) is 48.4 Å². The minimum atomic E-state index is 0.259. The van der Waals surface area contributed by atoms with E-state index in [1.165, 1.54) is 0 Å². The number of rotatable bonds is 2. The van der Waals surface area contributed by atoms with Gasteiger partial charge in [-0.3, -0.25) is 4.57 Å². The molecule has 106 valence electrons. The molecule has 0 radical (unpaired) electrons. The second-order valence-corrected chi connectivity index (χ2v) is 5.07. The third-order valence-electron chi connectivity index (χ3n) is 3.50. The van der Waals surface area contributed by atoms with Gasteiger partial charge in [-0.25, -0.2) is 0 Å². The minimum Gasteiger partial charge on any atom is -0.497 e. The standard InChI is InChI=1S/C15H12N2O3S/c1-18-10-3-4-12-11(7-10)16-15(21)17(12)9-2-5-13-14(6-9)20-8-19-13/h2-7H,8H2,1H3,(H,16,21). The van der Waals surface area contributed by atoms with Crippen LogP contribution < -0.4 is 14.2 Å². The second-order valence-electron chi connectivity index (χ2n) is 4.69. The Balaban J connectivity index is 1.94. The van der Waals surface area contributed by atoms with Gasteiger partial charge in [0.15, 0.2) is 16.3 Å². The zero-order valence-corrected chi connectivity index (χ0v) is 12.1. The molecule has 0 amide bonds. The van der Waals surface area contributed by atoms with Crippen LogP contribution in [0, 0.1) is 4.77 Å². The van der Waals surface area contributed by atoms with Gasteiger partial charge in [0.05, 0.1) is 23.8 Å². The molecule has 2 heterocycles. The number of hydrogen-bond donors (Lipinski definition) is 1. The number of nitrogens with zero attached hydrogens (tertiary/aromatic N) is 1. The quantitative estimate of drug-likeness (QED) is 0.737. The molecule has 0 spiro atoms. The third-order valence-corrected chi connectivity index (χ3v) is 3.79. The molecular formula is C15H12N2O3S. The summed E-state index contributed by atoms with van der Waals surface area (Å²) in [5, 5.41) is 0. The Labute approximate surface area is 125 Å². The summed E-state index contributed by atoms with van der Waals surface area (Å²) >= 11 is 5.44. The molecule has 0 aliphatic carbocycles. The van der Waals surface area contributed by atoms with Crippen LogP contribution in [0.4, 0.5) is 0 Å². The van der Waals surface area contributed by atoms with Crippen LogP contribution in [-0.2, 0) is 0 Å². The number of imidazole rings is 1. The molecule has 1 N–H and O–H groups in total. The molecule has 21 heavy (non-hydrogen) atoms. The highest BCUT2D eigenvalue weighted by Crippen LogP contribution is 2.34. The zero-order valence-electron chi connectivity index (χ0n) is 11.3. The van der Waals surface area contributed by atoms with Crippen molar-refractivity contribution in [2.75, 3.05) is 13.9 Å². The molecule has 0 atom stereocenters. The number of benzene rings is 2. The average Bonchev–Trinajstić information content (AvgIpc) is 3.08. The van der Waals surface area contributed by atoms with Crippen molar-refractivity contribution < 1.29 is 14.2 Å². The molecule has 4 rings (SSSR count). The number of methoxy groups -OCH3 is 1. The summed E-state index contributed by atoms with van der Waals surface area (Å²) in [7, 11) is 1.64. The first-order valence-corrected chi connectivity index (χ1v) is 6.86. The summed E-state index contributed by atoms with van der Waals surface area (Å²) in [5.41, 5.74) is 2.84. The first-order chi connectivity index (χ1) is 10.3. The van der Waals surface area contributed by atoms with Crippen molar-refractivity contribution in [3.63, 3.8) is 0 Å². The van der Waals surface area contributed by atoms with E-state index in [-0.39, 0.29) is 6.79 Å². The van der Waals surface area contributed by atoms with Gasteiger partial charge >= 0.3 is 0 Å². The summed E-state index contributed by atoms with van der Waals surface area (Å²) in [4.78, 5) is 3.19. The predicted molar refractivity (Wildman–Crippen MR) is 81.1 cm³/mol. The smallest absolute Gasteiger partial charge is 0.231 e. The fraction of sp³-hybridized carbons (Fsp3) is 0.133. The molecule has 0 saturated carbocycles. The molecule has 0 saturated heterocycles. The average molecular weight is 300 g/mol. The van der Waals surface area contributed by atoms with Gasteiger partial charge in [0.1, 0.15) is 5.75 Å². The van der Waals surface area contributed by atoms with Gasteiger partial charge in [-0.05, 0) is 36.5 Å². The van der Waals surface area contributed by atoms with E-state index in [1.54, 1.807) is 7.11 Å². The molecule has 2 aromatic carbocycles. The molecule has 0 fully saturated rings. The van der Waals surface area contributed by atoms with Crippen LogP contribution in [0.15, 0.2) is 36.4 Å². The molecular weight excluding hydrogens is 288 g/mol. The highest BCUT2D eigenvalue weighted by molar-refractivity contribution is 7.71. The Hall–Kier alpha value is -2.47. The highest BCUT2D eigenvalue weighted by atomic mass is 32.1. The van der Waals surface area contributed by atoms with Gasteiger partial charge in [-0.2, -0.15) is 0 Å². The number of nitrogens with one attached hydrogen (secondary N) is 1. The number of aromatic nitrogens is 2. The van der Waals surface area contributed by atoms with E-state index >= 15 is 0 Å². The van der Waals surface area contributed by atoms with Crippen LogP contribution in [0.5, 0.6) is 17.2 Å². The SMILES string of the molecule is COc1ccc2c(c1)[nH]c(=S)n2-c1ccc2c(c1)OCO2. The van der Waals surface area contributed by atoms with E-state index in [0.29, 0.717) is 4.77 Å². The maximum atomic E-state index is 5.44. The molecule has 5 nitrogen and oxygen atoms in total. The number of aromatic amines is 1. The Morgan fingerprint density at radius 2 is 2.00 bits per heavy atom. The van der Waals surface area contributed by atoms with Crippen LogP contribution in [0.1, 0.15) is 0 Å². The van der Waals surface area contributed by atoms with Crippen LogP contribution in [0.25, 0.3) is 16.7 Å². The Kier molecular flexibility index (Phi) is 2.65. The van der Waals surface area contributed by atoms with Gasteiger partial charge in [-0.15, -0.1) is 0 Å². The van der Waals surface area contributed by atoms with E-state index in [1.807, 2.05) is 41.0 Å². The van der Waals surface area contributed by atoms with Crippen molar-refractivity contribution in [2.45, 2.75) is 0 Å². The number of hydrogen-bond acceptors (Lipinski definition) is 4. The lowest BCUT2D eigenvalue weighted by atomic mass is 10.2. The number of H-pyrrole nitrogens is 1. The van der Waals surface area contributed by atoms with Crippen LogP contribution >= 0.6 is 12.2 Å². The monoisotopic (exact) mass is 300 g/mol. The van der Waals surface area contributed by atoms with Crippen molar-refractivity contribution in [3.05, 3.63) is 41.2 Å². The lowest BCUT2D eigenvalue weighted by molar-refractivity contribution is 0.174. The highest BCUT2D eigenvalue weighted by Gasteiger charge is 2.15. The molecule has 1 aliphatic heterocycles. The van der Waals surface area contributed by atoms with Gasteiger partial charge in [-0.1, -0.05) is 0 Å². The van der Waals surface area contributed by atoms with E-state index in [2.05, 4.69) is 4.98 Å². The largest absolute Gasteiger partial charge is 0.497 e. The summed E-state index contributed by atoms with van der Waals surface area (Å²) < 4.78 is 18.6. The lowest BCUT2D eigenvalue weighted by Gasteiger charge is -2.06. The molecule has 1 aliphatic rings. The normalized spacial score (nSPS) is 12.8. The van der Waals surface area contributed by atoms with Gasteiger partial charge in [0.25, 0.3) is 0 Å². The van der Waals surface area contributed by atoms with Crippen molar-refractivity contribution in [1.82, 2.24) is 9.55 Å². The minimum absolute atomic E-state index is 0.259. The van der Waals surface area contributed by atoms with E-state index in [9.17, 15) is 0 Å². The van der Waals surface area contributed by atoms with E-state index < -0.39 is 0 Å². The molecule has 1 aromatic heterocycles. The second kappa shape index (κ2) is 4.53. The molecule has 6 heteroatoms. The molecule has 0 unspecified atom stereocenters. The summed E-state index contributed by atoms with van der Waals surface area (Å²) in [6.45, 7) is 0.259. The number of ether oxygens (including phenoxy) is 3. The Morgan fingerprint density at radius 3 is 2.86 bits per heavy atom. The zero-order chi connectivity index (χ0) is 14.4. The van der Waals surface area contributed by atoms with E-state index in [4.69, 9.17) is 26.4 Å². The third kappa shape index (κ3) is 1.87. The summed E-state index contributed by atoms with van der Waals surface area (Å²) in [6, 6.07) is 11.6. The fourth-order valence-electron chi connectivity index (χ4n) is 2.50. The summed E-state index contributed by atoms with van der Waals surface area (Å²) in [6.07, 6.45) is 0. The van der Waals surface area contributed by atoms with Gasteiger partial charge < -0.3 is 19.2 Å². The Morgan fingerprint density at radius 1 is 1.14 bits per heavy atom. The van der Waals surface area contributed by atoms with Crippen molar-refractivity contribution in [2.24, 2.45) is 0 Å². The molecule has 0 bridgehead atoms. The van der Waals surface area contributed by atoms with Crippen LogP contribution in [0.2, 0.25) is 0 Å². The molecule has 3 aromatic rings. The van der Waals surface area contributed by atoms with Crippen LogP contribution in [-0.4, -0.2) is 23.5 Å². The maximum Gasteiger partial charge on any atom is 0.231 e. The van der Waals surface area contributed by atoms with Crippen molar-refractivity contribution >= 4 is 23.3 Å². The maximum absolute atomic E-state index is 5.44. The first-order valence-electron chi connectivity index (χ1n) is 6.45. The predicted octanol–water partition coefficient (Wildman–Crippen LogP) is 3.43. The fourth-order valence-corrected chi connectivity index (χ4v) is 2.81. The van der Waals surface area contributed by atoms with Crippen LogP contribution in [0.3, 0.4) is 0 Å². The lowest BCUT2D eigenvalue weighted by Crippen LogP contribution is -1.94. The van der Waals surface area contributed by atoms with E-state index in [0.717, 1.165) is 34.0 Å². The van der Waals surface area contributed by atoms with Gasteiger partial charge in [0, 0.05) is 12.1 Å². The number of fused-ring (bicyclic) bond motifs is 2. The first kappa shape index (κ1) is 12.3. The Bertz CT molecular complexity index is 898. The van der Waals surface area contributed by atoms with Crippen molar-refractivity contribution in [3.8, 4) is 22.9 Å².